The van der Waals surface area contributed by atoms with Crippen molar-refractivity contribution in [2.75, 3.05) is 53.6 Å². The van der Waals surface area contributed by atoms with E-state index in [4.69, 9.17) is 9.47 Å². The first-order chi connectivity index (χ1) is 9.05. The van der Waals surface area contributed by atoms with Crippen LogP contribution in [0.15, 0.2) is 0 Å². The second kappa shape index (κ2) is 8.98. The van der Waals surface area contributed by atoms with Gasteiger partial charge in [-0.15, -0.1) is 0 Å². The Bertz CT molecular complexity index is 218. The second-order valence-corrected chi connectivity index (χ2v) is 7.41. The monoisotopic (exact) mass is 288 g/mol. The van der Waals surface area contributed by atoms with Crippen LogP contribution in [0.2, 0.25) is 0 Å². The number of ether oxygens (including phenoxy) is 2. The molecule has 0 radical (unpaired) electrons. The summed E-state index contributed by atoms with van der Waals surface area (Å²) < 4.78 is 11.2. The van der Waals surface area contributed by atoms with Crippen LogP contribution in [0.5, 0.6) is 0 Å². The largest absolute Gasteiger partial charge is 0.378 e. The normalized spacial score (nSPS) is 13.5. The minimum atomic E-state index is 0.206. The summed E-state index contributed by atoms with van der Waals surface area (Å²) in [4.78, 5) is 4.60. The summed E-state index contributed by atoms with van der Waals surface area (Å²) in [6.07, 6.45) is 0. The summed E-state index contributed by atoms with van der Waals surface area (Å²) in [5.41, 5.74) is 0.412. The molecule has 0 heterocycles. The zero-order chi connectivity index (χ0) is 15.8. The summed E-state index contributed by atoms with van der Waals surface area (Å²) in [7, 11) is 4.25. The van der Waals surface area contributed by atoms with E-state index in [2.05, 4.69) is 65.4 Å². The maximum atomic E-state index is 5.59. The Morgan fingerprint density at radius 1 is 0.600 bits per heavy atom. The number of rotatable bonds is 9. The van der Waals surface area contributed by atoms with Gasteiger partial charge in [-0.25, -0.2) is 0 Å². The van der Waals surface area contributed by atoms with Crippen molar-refractivity contribution >= 4 is 0 Å². The van der Waals surface area contributed by atoms with Crippen molar-refractivity contribution in [2.24, 2.45) is 0 Å². The minimum absolute atomic E-state index is 0.206. The molecule has 0 aliphatic rings. The summed E-state index contributed by atoms with van der Waals surface area (Å²) in [5, 5.41) is 0. The number of likely N-dealkylation sites (N-methyl/N-ethyl adjacent to an activating group) is 2. The van der Waals surface area contributed by atoms with Crippen LogP contribution in [-0.2, 0) is 9.47 Å². The highest BCUT2D eigenvalue weighted by molar-refractivity contribution is 4.72. The lowest BCUT2D eigenvalue weighted by atomic mass is 10.1. The first-order valence-electron chi connectivity index (χ1n) is 7.63. The van der Waals surface area contributed by atoms with E-state index < -0.39 is 0 Å². The molecule has 0 saturated carbocycles. The first-order valence-corrected chi connectivity index (χ1v) is 7.63. The molecule has 20 heavy (non-hydrogen) atoms. The molecule has 0 aliphatic heterocycles. The van der Waals surface area contributed by atoms with Gasteiger partial charge >= 0.3 is 0 Å². The lowest BCUT2D eigenvalue weighted by Gasteiger charge is -2.32. The number of nitrogens with zero attached hydrogens (tertiary/aromatic N) is 2. The fourth-order valence-corrected chi connectivity index (χ4v) is 1.40. The van der Waals surface area contributed by atoms with E-state index in [1.807, 2.05) is 0 Å². The Labute approximate surface area is 126 Å². The molecule has 0 unspecified atom stereocenters. The van der Waals surface area contributed by atoms with Crippen LogP contribution < -0.4 is 0 Å². The van der Waals surface area contributed by atoms with E-state index in [1.54, 1.807) is 0 Å². The molecule has 0 aliphatic carbocycles. The molecule has 0 aromatic carbocycles. The van der Waals surface area contributed by atoms with Crippen LogP contribution in [0.1, 0.15) is 41.5 Å². The molecule has 0 fully saturated rings. The highest BCUT2D eigenvalue weighted by Crippen LogP contribution is 2.09. The van der Waals surface area contributed by atoms with E-state index in [9.17, 15) is 0 Å². The second-order valence-electron chi connectivity index (χ2n) is 7.41. The van der Waals surface area contributed by atoms with Crippen molar-refractivity contribution in [3.63, 3.8) is 0 Å². The van der Waals surface area contributed by atoms with E-state index in [1.165, 1.54) is 0 Å². The van der Waals surface area contributed by atoms with Crippen molar-refractivity contribution in [2.45, 2.75) is 52.6 Å². The van der Waals surface area contributed by atoms with Gasteiger partial charge in [-0.2, -0.15) is 0 Å². The van der Waals surface area contributed by atoms with Gasteiger partial charge in [-0.1, -0.05) is 0 Å². The molecule has 4 nitrogen and oxygen atoms in total. The Morgan fingerprint density at radius 3 is 1.15 bits per heavy atom. The van der Waals surface area contributed by atoms with Gasteiger partial charge < -0.3 is 9.47 Å². The molecule has 0 aromatic heterocycles. The molecule has 122 valence electrons. The number of hydrogen-bond donors (Lipinski definition) is 0. The molecule has 0 aromatic rings. The Hall–Kier alpha value is -0.160. The highest BCUT2D eigenvalue weighted by atomic mass is 16.5. The van der Waals surface area contributed by atoms with Crippen molar-refractivity contribution < 1.29 is 9.47 Å². The highest BCUT2D eigenvalue weighted by Gasteiger charge is 2.16. The molecule has 0 N–H and O–H groups in total. The summed E-state index contributed by atoms with van der Waals surface area (Å²) in [6, 6.07) is 0. The lowest BCUT2D eigenvalue weighted by molar-refractivity contribution is 0.0209. The fraction of sp³-hybridized carbons (Fsp3) is 1.00. The van der Waals surface area contributed by atoms with Gasteiger partial charge in [0, 0.05) is 24.2 Å². The Balaban J connectivity index is 3.42. The van der Waals surface area contributed by atoms with Crippen molar-refractivity contribution in [3.05, 3.63) is 0 Å². The fourth-order valence-electron chi connectivity index (χ4n) is 1.40. The Kier molecular flexibility index (Phi) is 8.91. The van der Waals surface area contributed by atoms with E-state index in [-0.39, 0.29) is 11.1 Å². The smallest absolute Gasteiger partial charge is 0.0701 e. The van der Waals surface area contributed by atoms with Crippen LogP contribution in [-0.4, -0.2) is 74.5 Å². The number of hydrogen-bond acceptors (Lipinski definition) is 4. The SMILES string of the molecule is CN(CCOCCOCCN(C)C(C)(C)C)C(C)(C)C. The quantitative estimate of drug-likeness (QED) is 0.609. The van der Waals surface area contributed by atoms with Crippen LogP contribution in [0.3, 0.4) is 0 Å². The van der Waals surface area contributed by atoms with Gasteiger partial charge in [-0.05, 0) is 55.6 Å². The molecular weight excluding hydrogens is 252 g/mol. The maximum Gasteiger partial charge on any atom is 0.0701 e. The molecule has 4 heteroatoms. The summed E-state index contributed by atoms with van der Waals surface area (Å²) in [5.74, 6) is 0. The predicted octanol–water partition coefficient (Wildman–Crippen LogP) is 2.48. The maximum absolute atomic E-state index is 5.59. The van der Waals surface area contributed by atoms with Gasteiger partial charge in [0.05, 0.1) is 26.4 Å². The summed E-state index contributed by atoms with van der Waals surface area (Å²) in [6.45, 7) is 18.1. The summed E-state index contributed by atoms with van der Waals surface area (Å²) >= 11 is 0. The molecule has 0 bridgehead atoms. The van der Waals surface area contributed by atoms with Gasteiger partial charge in [-0.3, -0.25) is 9.80 Å². The molecule has 0 atom stereocenters. The van der Waals surface area contributed by atoms with Crippen LogP contribution in [0, 0.1) is 0 Å². The average molecular weight is 288 g/mol. The van der Waals surface area contributed by atoms with Gasteiger partial charge in [0.2, 0.25) is 0 Å². The lowest BCUT2D eigenvalue weighted by Crippen LogP contribution is -2.40. The molecule has 0 amide bonds. The van der Waals surface area contributed by atoms with E-state index in [0.29, 0.717) is 13.2 Å². The topological polar surface area (TPSA) is 24.9 Å². The van der Waals surface area contributed by atoms with Crippen LogP contribution >= 0.6 is 0 Å². The molecule has 0 saturated heterocycles. The standard InChI is InChI=1S/C16H36N2O2/c1-15(2,3)17(7)9-11-19-13-14-20-12-10-18(8)16(4,5)6/h9-14H2,1-8H3. The first kappa shape index (κ1) is 19.8. The zero-order valence-electron chi connectivity index (χ0n) is 15.0. The molecule has 0 rings (SSSR count). The van der Waals surface area contributed by atoms with Crippen LogP contribution in [0.4, 0.5) is 0 Å². The predicted molar refractivity (Wildman–Crippen MR) is 86.4 cm³/mol. The molecule has 0 spiro atoms. The third kappa shape index (κ3) is 9.70. The van der Waals surface area contributed by atoms with Crippen molar-refractivity contribution in [1.82, 2.24) is 9.80 Å². The van der Waals surface area contributed by atoms with E-state index in [0.717, 1.165) is 26.3 Å². The van der Waals surface area contributed by atoms with Crippen molar-refractivity contribution in [1.29, 1.82) is 0 Å². The molecular formula is C16H36N2O2. The minimum Gasteiger partial charge on any atom is -0.378 e. The van der Waals surface area contributed by atoms with Gasteiger partial charge in [0.25, 0.3) is 0 Å². The van der Waals surface area contributed by atoms with Crippen LogP contribution in [0.25, 0.3) is 0 Å². The third-order valence-electron chi connectivity index (χ3n) is 3.80. The average Bonchev–Trinajstić information content (AvgIpc) is 2.29. The van der Waals surface area contributed by atoms with Gasteiger partial charge in [0.1, 0.15) is 0 Å². The third-order valence-corrected chi connectivity index (χ3v) is 3.80. The zero-order valence-corrected chi connectivity index (χ0v) is 15.0. The van der Waals surface area contributed by atoms with Crippen molar-refractivity contribution in [3.8, 4) is 0 Å². The van der Waals surface area contributed by atoms with E-state index >= 15 is 0 Å². The Morgan fingerprint density at radius 2 is 0.900 bits per heavy atom. The van der Waals surface area contributed by atoms with Gasteiger partial charge in [0.15, 0.2) is 0 Å².